The molecule has 0 heterocycles. The molecular weight excluding hydrogens is 168 g/mol. The number of esters is 1. The maximum atomic E-state index is 11.0. The summed E-state index contributed by atoms with van der Waals surface area (Å²) in [6.45, 7) is 5.88. The van der Waals surface area contributed by atoms with Gasteiger partial charge in [0.1, 0.15) is 0 Å². The molecule has 0 aliphatic heterocycles. The maximum absolute atomic E-state index is 11.0. The number of hydrogen-bond donors (Lipinski definition) is 1. The highest BCUT2D eigenvalue weighted by Crippen LogP contribution is 2.18. The Morgan fingerprint density at radius 1 is 1.46 bits per heavy atom. The van der Waals surface area contributed by atoms with Crippen LogP contribution in [0.4, 0.5) is 0 Å². The van der Waals surface area contributed by atoms with Crippen LogP contribution in [0, 0.1) is 0 Å². The molecule has 0 aromatic carbocycles. The number of carbonyl (C=O) groups is 1. The molecule has 0 aromatic rings. The maximum Gasteiger partial charge on any atom is 0.308 e. The third-order valence-corrected chi connectivity index (χ3v) is 1.90. The smallest absolute Gasteiger partial charge is 0.308 e. The van der Waals surface area contributed by atoms with Gasteiger partial charge in [-0.15, -0.1) is 0 Å². The number of aliphatic hydroxyl groups is 1. The molecule has 0 saturated carbocycles. The van der Waals surface area contributed by atoms with E-state index in [-0.39, 0.29) is 12.4 Å². The molecule has 0 aliphatic carbocycles. The van der Waals surface area contributed by atoms with Crippen molar-refractivity contribution in [3.8, 4) is 0 Å². The quantitative estimate of drug-likeness (QED) is 0.647. The van der Waals surface area contributed by atoms with Crippen LogP contribution in [0.3, 0.4) is 0 Å². The topological polar surface area (TPSA) is 46.5 Å². The summed E-state index contributed by atoms with van der Waals surface area (Å²) >= 11 is 0. The molecule has 3 heteroatoms. The van der Waals surface area contributed by atoms with Crippen molar-refractivity contribution in [1.82, 2.24) is 0 Å². The van der Waals surface area contributed by atoms with Gasteiger partial charge in [0.15, 0.2) is 0 Å². The van der Waals surface area contributed by atoms with Gasteiger partial charge < -0.3 is 9.84 Å². The lowest BCUT2D eigenvalue weighted by atomic mass is 9.95. The lowest BCUT2D eigenvalue weighted by Crippen LogP contribution is -2.28. The monoisotopic (exact) mass is 188 g/mol. The van der Waals surface area contributed by atoms with Crippen molar-refractivity contribution < 1.29 is 14.6 Å². The highest BCUT2D eigenvalue weighted by molar-refractivity contribution is 5.70. The third-order valence-electron chi connectivity index (χ3n) is 1.90. The van der Waals surface area contributed by atoms with E-state index in [0.29, 0.717) is 13.0 Å². The van der Waals surface area contributed by atoms with Crippen molar-refractivity contribution in [3.05, 3.63) is 0 Å². The zero-order valence-electron chi connectivity index (χ0n) is 8.80. The van der Waals surface area contributed by atoms with Gasteiger partial charge in [0.25, 0.3) is 0 Å². The Morgan fingerprint density at radius 2 is 2.08 bits per heavy atom. The average Bonchev–Trinajstić information content (AvgIpc) is 2.00. The lowest BCUT2D eigenvalue weighted by Gasteiger charge is -2.21. The van der Waals surface area contributed by atoms with E-state index in [1.165, 1.54) is 0 Å². The molecular formula is C10H20O3. The first-order valence-corrected chi connectivity index (χ1v) is 4.90. The predicted octanol–water partition coefficient (Wildman–Crippen LogP) is 1.88. The second-order valence-electron chi connectivity index (χ2n) is 3.58. The van der Waals surface area contributed by atoms with Crippen LogP contribution in [0.25, 0.3) is 0 Å². The molecule has 1 N–H and O–H groups in total. The molecule has 13 heavy (non-hydrogen) atoms. The number of rotatable bonds is 6. The minimum Gasteiger partial charge on any atom is -0.466 e. The number of ether oxygens (including phenoxy) is 1. The molecule has 0 unspecified atom stereocenters. The largest absolute Gasteiger partial charge is 0.466 e. The van der Waals surface area contributed by atoms with Gasteiger partial charge >= 0.3 is 5.97 Å². The molecule has 0 spiro atoms. The van der Waals surface area contributed by atoms with Gasteiger partial charge in [-0.2, -0.15) is 0 Å². The van der Waals surface area contributed by atoms with Gasteiger partial charge in [-0.3, -0.25) is 4.79 Å². The Kier molecular flexibility index (Phi) is 5.71. The van der Waals surface area contributed by atoms with E-state index in [1.807, 2.05) is 0 Å². The molecule has 0 saturated heterocycles. The fourth-order valence-corrected chi connectivity index (χ4v) is 1.17. The molecule has 0 aromatic heterocycles. The SMILES string of the molecule is CCCC[C@@](C)(O)CC(=O)OCC. The van der Waals surface area contributed by atoms with Crippen LogP contribution in [0.1, 0.15) is 46.5 Å². The first-order valence-electron chi connectivity index (χ1n) is 4.90. The summed E-state index contributed by atoms with van der Waals surface area (Å²) in [5.74, 6) is -0.316. The standard InChI is InChI=1S/C10H20O3/c1-4-6-7-10(3,12)8-9(11)13-5-2/h12H,4-8H2,1-3H3/t10-/m1/s1. The van der Waals surface area contributed by atoms with E-state index in [1.54, 1.807) is 13.8 Å². The molecule has 0 aliphatic rings. The van der Waals surface area contributed by atoms with Crippen molar-refractivity contribution in [3.63, 3.8) is 0 Å². The minimum atomic E-state index is -0.901. The van der Waals surface area contributed by atoms with Crippen molar-refractivity contribution in [2.75, 3.05) is 6.61 Å². The summed E-state index contributed by atoms with van der Waals surface area (Å²) in [7, 11) is 0. The lowest BCUT2D eigenvalue weighted by molar-refractivity contribution is -0.148. The van der Waals surface area contributed by atoms with E-state index in [0.717, 1.165) is 12.8 Å². The fraction of sp³-hybridized carbons (Fsp3) is 0.900. The summed E-state index contributed by atoms with van der Waals surface area (Å²) < 4.78 is 4.76. The second-order valence-corrected chi connectivity index (χ2v) is 3.58. The average molecular weight is 188 g/mol. The van der Waals surface area contributed by atoms with Crippen LogP contribution in [0.15, 0.2) is 0 Å². The van der Waals surface area contributed by atoms with Gasteiger partial charge in [0.05, 0.1) is 18.6 Å². The Balaban J connectivity index is 3.79. The summed E-state index contributed by atoms with van der Waals surface area (Å²) in [6, 6.07) is 0. The zero-order valence-corrected chi connectivity index (χ0v) is 8.80. The molecule has 0 fully saturated rings. The van der Waals surface area contributed by atoms with E-state index in [2.05, 4.69) is 6.92 Å². The molecule has 0 bridgehead atoms. The van der Waals surface area contributed by atoms with Gasteiger partial charge in [-0.05, 0) is 20.3 Å². The number of carbonyl (C=O) groups excluding carboxylic acids is 1. The first-order chi connectivity index (χ1) is 6.02. The Hall–Kier alpha value is -0.570. The molecule has 0 radical (unpaired) electrons. The van der Waals surface area contributed by atoms with Crippen LogP contribution in [0.5, 0.6) is 0 Å². The van der Waals surface area contributed by atoms with Crippen molar-refractivity contribution >= 4 is 5.97 Å². The van der Waals surface area contributed by atoms with Gasteiger partial charge in [0, 0.05) is 0 Å². The minimum absolute atomic E-state index is 0.0981. The second kappa shape index (κ2) is 5.97. The van der Waals surface area contributed by atoms with Crippen molar-refractivity contribution in [2.24, 2.45) is 0 Å². The molecule has 3 nitrogen and oxygen atoms in total. The van der Waals surface area contributed by atoms with Crippen LogP contribution in [-0.2, 0) is 9.53 Å². The Labute approximate surface area is 80.1 Å². The zero-order chi connectivity index (χ0) is 10.3. The van der Waals surface area contributed by atoms with Crippen molar-refractivity contribution in [1.29, 1.82) is 0 Å². The molecule has 0 amide bonds. The van der Waals surface area contributed by atoms with Gasteiger partial charge in [-0.1, -0.05) is 19.8 Å². The molecule has 1 atom stereocenters. The van der Waals surface area contributed by atoms with Crippen LogP contribution in [0.2, 0.25) is 0 Å². The van der Waals surface area contributed by atoms with Crippen LogP contribution in [-0.4, -0.2) is 23.3 Å². The number of hydrogen-bond acceptors (Lipinski definition) is 3. The highest BCUT2D eigenvalue weighted by atomic mass is 16.5. The summed E-state index contributed by atoms with van der Waals surface area (Å²) in [4.78, 5) is 11.0. The Bertz CT molecular complexity index is 152. The predicted molar refractivity (Wildman–Crippen MR) is 51.4 cm³/mol. The fourth-order valence-electron chi connectivity index (χ4n) is 1.17. The van der Waals surface area contributed by atoms with Gasteiger partial charge in [-0.25, -0.2) is 0 Å². The number of unbranched alkanes of at least 4 members (excludes halogenated alkanes) is 1. The highest BCUT2D eigenvalue weighted by Gasteiger charge is 2.24. The van der Waals surface area contributed by atoms with Gasteiger partial charge in [0.2, 0.25) is 0 Å². The third kappa shape index (κ3) is 6.58. The normalized spacial score (nSPS) is 15.1. The van der Waals surface area contributed by atoms with Crippen LogP contribution < -0.4 is 0 Å². The van der Waals surface area contributed by atoms with E-state index in [4.69, 9.17) is 4.74 Å². The van der Waals surface area contributed by atoms with Crippen LogP contribution >= 0.6 is 0 Å². The summed E-state index contributed by atoms with van der Waals surface area (Å²) in [5.41, 5.74) is -0.901. The summed E-state index contributed by atoms with van der Waals surface area (Å²) in [5, 5.41) is 9.74. The molecule has 78 valence electrons. The molecule has 0 rings (SSSR count). The van der Waals surface area contributed by atoms with E-state index in [9.17, 15) is 9.90 Å². The van der Waals surface area contributed by atoms with E-state index < -0.39 is 5.60 Å². The first kappa shape index (κ1) is 12.4. The van der Waals surface area contributed by atoms with E-state index >= 15 is 0 Å². The Morgan fingerprint density at radius 3 is 2.54 bits per heavy atom. The summed E-state index contributed by atoms with van der Waals surface area (Å²) in [6.07, 6.45) is 2.72. The van der Waals surface area contributed by atoms with Crippen molar-refractivity contribution in [2.45, 2.75) is 52.1 Å².